The zero-order valence-electron chi connectivity index (χ0n) is 9.17. The molecule has 2 heterocycles. The van der Waals surface area contributed by atoms with Gasteiger partial charge >= 0.3 is 5.97 Å². The molecule has 0 saturated carbocycles. The number of carboxylic acid groups (broad SMARTS) is 1. The predicted molar refractivity (Wildman–Crippen MR) is 59.9 cm³/mol. The molecule has 1 saturated heterocycles. The summed E-state index contributed by atoms with van der Waals surface area (Å²) in [6.07, 6.45) is 3.07. The summed E-state index contributed by atoms with van der Waals surface area (Å²) in [5.74, 6) is -0.383. The number of hydrogen-bond donors (Lipinski definition) is 1. The molecule has 86 valence electrons. The van der Waals surface area contributed by atoms with E-state index in [1.165, 1.54) is 0 Å². The number of carbonyl (C=O) groups is 1. The van der Waals surface area contributed by atoms with Gasteiger partial charge in [0.1, 0.15) is 0 Å². The van der Waals surface area contributed by atoms with E-state index < -0.39 is 5.97 Å². The van der Waals surface area contributed by atoms with Crippen LogP contribution in [0, 0.1) is 5.92 Å². The average molecular weight is 220 g/mol. The quantitative estimate of drug-likeness (QED) is 0.832. The van der Waals surface area contributed by atoms with Crippen LogP contribution in [0.15, 0.2) is 24.4 Å². The second-order valence-corrected chi connectivity index (χ2v) is 4.31. The van der Waals surface area contributed by atoms with E-state index >= 15 is 0 Å². The maximum atomic E-state index is 10.6. The molecule has 1 aromatic rings. The number of hydrogen-bond acceptors (Lipinski definition) is 3. The molecule has 4 heteroatoms. The summed E-state index contributed by atoms with van der Waals surface area (Å²) >= 11 is 0. The van der Waals surface area contributed by atoms with Gasteiger partial charge in [0.15, 0.2) is 0 Å². The number of rotatable bonds is 4. The lowest BCUT2D eigenvalue weighted by atomic mass is 10.1. The predicted octanol–water partition coefficient (Wildman–Crippen LogP) is 1.38. The van der Waals surface area contributed by atoms with Gasteiger partial charge in [-0.25, -0.2) is 0 Å². The van der Waals surface area contributed by atoms with Crippen LogP contribution in [0.2, 0.25) is 0 Å². The summed E-state index contributed by atoms with van der Waals surface area (Å²) in [7, 11) is 0. The summed E-state index contributed by atoms with van der Waals surface area (Å²) in [6.45, 7) is 2.69. The Morgan fingerprint density at radius 3 is 3.12 bits per heavy atom. The van der Waals surface area contributed by atoms with Crippen LogP contribution in [-0.2, 0) is 11.3 Å². The molecule has 1 aliphatic rings. The van der Waals surface area contributed by atoms with Gasteiger partial charge < -0.3 is 5.11 Å². The van der Waals surface area contributed by atoms with Crippen molar-refractivity contribution >= 4 is 5.97 Å². The summed E-state index contributed by atoms with van der Waals surface area (Å²) in [4.78, 5) is 17.1. The third-order valence-electron chi connectivity index (χ3n) is 2.95. The number of carboxylic acids is 1. The standard InChI is InChI=1S/C12H16N2O2/c15-12(16)7-10-4-6-14(8-10)9-11-3-1-2-5-13-11/h1-3,5,10H,4,6-9H2,(H,15,16)/t10-/m1/s1. The highest BCUT2D eigenvalue weighted by atomic mass is 16.4. The molecule has 1 fully saturated rings. The first kappa shape index (κ1) is 11.1. The Bertz CT molecular complexity index is 353. The zero-order chi connectivity index (χ0) is 11.4. The molecule has 4 nitrogen and oxygen atoms in total. The Balaban J connectivity index is 1.83. The SMILES string of the molecule is O=C(O)C[C@H]1CCN(Cc2ccccn2)C1. The molecule has 1 N–H and O–H groups in total. The lowest BCUT2D eigenvalue weighted by Gasteiger charge is -2.14. The van der Waals surface area contributed by atoms with Gasteiger partial charge in [0.25, 0.3) is 0 Å². The molecule has 1 aromatic heterocycles. The first-order valence-corrected chi connectivity index (χ1v) is 5.58. The minimum Gasteiger partial charge on any atom is -0.481 e. The van der Waals surface area contributed by atoms with Crippen LogP contribution < -0.4 is 0 Å². The maximum absolute atomic E-state index is 10.6. The van der Waals surface area contributed by atoms with Crippen molar-refractivity contribution in [1.29, 1.82) is 0 Å². The summed E-state index contributed by atoms with van der Waals surface area (Å²) in [6, 6.07) is 5.89. The zero-order valence-corrected chi connectivity index (χ0v) is 9.17. The Labute approximate surface area is 94.9 Å². The van der Waals surface area contributed by atoms with Crippen LogP contribution >= 0.6 is 0 Å². The van der Waals surface area contributed by atoms with E-state index in [9.17, 15) is 4.79 Å². The molecule has 0 spiro atoms. The molecule has 1 aliphatic heterocycles. The van der Waals surface area contributed by atoms with Gasteiger partial charge in [0.2, 0.25) is 0 Å². The first-order valence-electron chi connectivity index (χ1n) is 5.58. The Morgan fingerprint density at radius 1 is 1.56 bits per heavy atom. The summed E-state index contributed by atoms with van der Waals surface area (Å²) < 4.78 is 0. The van der Waals surface area contributed by atoms with Gasteiger partial charge in [-0.3, -0.25) is 14.7 Å². The van der Waals surface area contributed by atoms with Crippen molar-refractivity contribution in [2.24, 2.45) is 5.92 Å². The normalized spacial score (nSPS) is 21.1. The van der Waals surface area contributed by atoms with Crippen LogP contribution in [0.5, 0.6) is 0 Å². The second-order valence-electron chi connectivity index (χ2n) is 4.31. The number of likely N-dealkylation sites (tertiary alicyclic amines) is 1. The molecule has 1 atom stereocenters. The molecular weight excluding hydrogens is 204 g/mol. The molecule has 0 unspecified atom stereocenters. The minimum absolute atomic E-state index is 0.290. The number of pyridine rings is 1. The Kier molecular flexibility index (Phi) is 3.51. The Morgan fingerprint density at radius 2 is 2.44 bits per heavy atom. The van der Waals surface area contributed by atoms with E-state index in [0.29, 0.717) is 12.3 Å². The minimum atomic E-state index is -0.690. The van der Waals surface area contributed by atoms with Crippen LogP contribution in [-0.4, -0.2) is 34.0 Å². The maximum Gasteiger partial charge on any atom is 0.303 e. The van der Waals surface area contributed by atoms with Crippen molar-refractivity contribution in [1.82, 2.24) is 9.88 Å². The van der Waals surface area contributed by atoms with Crippen molar-refractivity contribution in [3.63, 3.8) is 0 Å². The van der Waals surface area contributed by atoms with E-state index in [-0.39, 0.29) is 0 Å². The monoisotopic (exact) mass is 220 g/mol. The third-order valence-corrected chi connectivity index (χ3v) is 2.95. The fraction of sp³-hybridized carbons (Fsp3) is 0.500. The molecule has 0 aliphatic carbocycles. The van der Waals surface area contributed by atoms with Gasteiger partial charge in [-0.05, 0) is 31.0 Å². The second kappa shape index (κ2) is 5.07. The average Bonchev–Trinajstić information content (AvgIpc) is 2.66. The molecule has 16 heavy (non-hydrogen) atoms. The molecule has 2 rings (SSSR count). The Hall–Kier alpha value is -1.42. The summed E-state index contributed by atoms with van der Waals surface area (Å²) in [5, 5.41) is 8.72. The molecule has 0 bridgehead atoms. The number of aliphatic carboxylic acids is 1. The number of nitrogens with zero attached hydrogens (tertiary/aromatic N) is 2. The third kappa shape index (κ3) is 3.03. The van der Waals surface area contributed by atoms with Crippen molar-refractivity contribution in [3.05, 3.63) is 30.1 Å². The molecular formula is C12H16N2O2. The van der Waals surface area contributed by atoms with E-state index in [2.05, 4.69) is 9.88 Å². The van der Waals surface area contributed by atoms with E-state index in [4.69, 9.17) is 5.11 Å². The van der Waals surface area contributed by atoms with Crippen LogP contribution in [0.4, 0.5) is 0 Å². The van der Waals surface area contributed by atoms with Crippen molar-refractivity contribution in [3.8, 4) is 0 Å². The fourth-order valence-electron chi connectivity index (χ4n) is 2.19. The number of aromatic nitrogens is 1. The van der Waals surface area contributed by atoms with Crippen molar-refractivity contribution in [2.45, 2.75) is 19.4 Å². The van der Waals surface area contributed by atoms with Gasteiger partial charge in [0.05, 0.1) is 5.69 Å². The summed E-state index contributed by atoms with van der Waals surface area (Å²) in [5.41, 5.74) is 1.05. The lowest BCUT2D eigenvalue weighted by Crippen LogP contribution is -2.21. The van der Waals surface area contributed by atoms with Crippen LogP contribution in [0.3, 0.4) is 0 Å². The van der Waals surface area contributed by atoms with Crippen LogP contribution in [0.1, 0.15) is 18.5 Å². The van der Waals surface area contributed by atoms with Crippen molar-refractivity contribution in [2.75, 3.05) is 13.1 Å². The van der Waals surface area contributed by atoms with Crippen LogP contribution in [0.25, 0.3) is 0 Å². The highest BCUT2D eigenvalue weighted by molar-refractivity contribution is 5.67. The molecule has 0 aromatic carbocycles. The van der Waals surface area contributed by atoms with E-state index in [1.54, 1.807) is 6.20 Å². The van der Waals surface area contributed by atoms with Gasteiger partial charge in [-0.1, -0.05) is 6.07 Å². The molecule has 0 radical (unpaired) electrons. The fourth-order valence-corrected chi connectivity index (χ4v) is 2.19. The largest absolute Gasteiger partial charge is 0.481 e. The lowest BCUT2D eigenvalue weighted by molar-refractivity contribution is -0.138. The van der Waals surface area contributed by atoms with E-state index in [1.807, 2.05) is 18.2 Å². The van der Waals surface area contributed by atoms with Crippen molar-refractivity contribution < 1.29 is 9.90 Å². The van der Waals surface area contributed by atoms with Gasteiger partial charge in [0, 0.05) is 25.7 Å². The van der Waals surface area contributed by atoms with Gasteiger partial charge in [-0.2, -0.15) is 0 Å². The van der Waals surface area contributed by atoms with E-state index in [0.717, 1.165) is 31.7 Å². The highest BCUT2D eigenvalue weighted by Crippen LogP contribution is 2.20. The molecule has 0 amide bonds. The smallest absolute Gasteiger partial charge is 0.303 e. The van der Waals surface area contributed by atoms with Gasteiger partial charge in [-0.15, -0.1) is 0 Å². The first-order chi connectivity index (χ1) is 7.74. The topological polar surface area (TPSA) is 53.4 Å². The highest BCUT2D eigenvalue weighted by Gasteiger charge is 2.24.